The number of imidazole rings is 1. The van der Waals surface area contributed by atoms with Crippen molar-refractivity contribution in [3.05, 3.63) is 87.9 Å². The van der Waals surface area contributed by atoms with Gasteiger partial charge in [-0.05, 0) is 62.7 Å². The first-order valence-corrected chi connectivity index (χ1v) is 12.3. The Bertz CT molecular complexity index is 1590. The Morgan fingerprint density at radius 1 is 1.18 bits per heavy atom. The number of rotatable bonds is 9. The molecule has 0 saturated heterocycles. The number of nitrogens with zero attached hydrogens (tertiary/aromatic N) is 3. The highest BCUT2D eigenvalue weighted by molar-refractivity contribution is 6.01. The van der Waals surface area contributed by atoms with E-state index in [0.717, 1.165) is 0 Å². The number of ether oxygens (including phenoxy) is 1. The summed E-state index contributed by atoms with van der Waals surface area (Å²) in [4.78, 5) is 40.9. The number of fused-ring (bicyclic) bond motifs is 1. The summed E-state index contributed by atoms with van der Waals surface area (Å²) >= 11 is 0. The van der Waals surface area contributed by atoms with Gasteiger partial charge in [0.2, 0.25) is 0 Å². The van der Waals surface area contributed by atoms with E-state index in [4.69, 9.17) is 9.72 Å². The Kier molecular flexibility index (Phi) is 7.71. The molecule has 40 heavy (non-hydrogen) atoms. The predicted octanol–water partition coefficient (Wildman–Crippen LogP) is 5.21. The van der Waals surface area contributed by atoms with Crippen molar-refractivity contribution in [2.75, 3.05) is 12.4 Å². The van der Waals surface area contributed by atoms with Crippen molar-refractivity contribution in [1.29, 1.82) is 0 Å². The fraction of sp³-hybridized carbons (Fsp3) is 0.250. The maximum atomic E-state index is 13.5. The van der Waals surface area contributed by atoms with Gasteiger partial charge in [-0.1, -0.05) is 12.1 Å². The van der Waals surface area contributed by atoms with E-state index >= 15 is 0 Å². The highest BCUT2D eigenvalue weighted by Gasteiger charge is 2.26. The van der Waals surface area contributed by atoms with Crippen LogP contribution in [0.15, 0.2) is 60.8 Å². The Morgan fingerprint density at radius 2 is 1.88 bits per heavy atom. The summed E-state index contributed by atoms with van der Waals surface area (Å²) in [6.07, 6.45) is 1.27. The van der Waals surface area contributed by atoms with Crippen LogP contribution in [0.5, 0.6) is 5.75 Å². The van der Waals surface area contributed by atoms with E-state index in [1.807, 2.05) is 20.8 Å². The van der Waals surface area contributed by atoms with Crippen molar-refractivity contribution in [2.24, 2.45) is 0 Å². The summed E-state index contributed by atoms with van der Waals surface area (Å²) < 4.78 is 20.2. The second-order valence-electron chi connectivity index (χ2n) is 10.1. The molecule has 4 aromatic rings. The minimum Gasteiger partial charge on any atom is -0.490 e. The van der Waals surface area contributed by atoms with E-state index in [1.54, 1.807) is 28.8 Å². The van der Waals surface area contributed by atoms with Crippen molar-refractivity contribution in [3.63, 3.8) is 0 Å². The number of hydrogen-bond donors (Lipinski definition) is 3. The van der Waals surface area contributed by atoms with Gasteiger partial charge in [0, 0.05) is 23.4 Å². The normalized spacial score (nSPS) is 12.1. The molecule has 1 unspecified atom stereocenters. The number of carbonyl (C=O) groups excluding carboxylic acids is 1. The number of halogens is 1. The van der Waals surface area contributed by atoms with Crippen molar-refractivity contribution >= 4 is 29.0 Å². The minimum absolute atomic E-state index is 0.0909. The molecule has 4 rings (SSSR count). The van der Waals surface area contributed by atoms with Gasteiger partial charge in [-0.25, -0.2) is 9.37 Å². The lowest BCUT2D eigenvalue weighted by molar-refractivity contribution is -0.385. The van der Waals surface area contributed by atoms with Crippen molar-refractivity contribution in [1.82, 2.24) is 14.7 Å². The zero-order valence-electron chi connectivity index (χ0n) is 22.3. The molecular formula is C28H28FN5O6. The van der Waals surface area contributed by atoms with E-state index in [0.29, 0.717) is 22.6 Å². The van der Waals surface area contributed by atoms with Gasteiger partial charge in [-0.2, -0.15) is 0 Å². The third-order valence-corrected chi connectivity index (χ3v) is 5.99. The van der Waals surface area contributed by atoms with Crippen molar-refractivity contribution < 1.29 is 28.7 Å². The number of hydrogen-bond acceptors (Lipinski definition) is 7. The fourth-order valence-corrected chi connectivity index (χ4v) is 4.26. The molecule has 2 aromatic heterocycles. The highest BCUT2D eigenvalue weighted by Crippen LogP contribution is 2.37. The number of nitro groups is 1. The number of benzene rings is 2. The SMILES string of the molecule is COc1ccc(-c2nc3c(C(=O)NC(CC(=O)O)c4ccc(F)cc4)cccn3c2NC(C)(C)C)cc1[N+](=O)[O-]. The standard InChI is InChI=1S/C28H28FN5O6/c1-28(2,3)32-26-24(17-9-12-22(40-4)21(14-17)34(38)39)31-25-19(6-5-13-33(25)26)27(37)30-20(15-23(35)36)16-7-10-18(29)11-8-16/h5-14,20,32H,15H2,1-4H3,(H,30,37)(H,35,36). The molecule has 0 aliphatic heterocycles. The molecule has 11 nitrogen and oxygen atoms in total. The molecule has 3 N–H and O–H groups in total. The van der Waals surface area contributed by atoms with E-state index in [2.05, 4.69) is 10.6 Å². The number of carboxylic acids is 1. The van der Waals surface area contributed by atoms with Crippen molar-refractivity contribution in [3.8, 4) is 17.0 Å². The van der Waals surface area contributed by atoms with Gasteiger partial charge in [0.15, 0.2) is 11.4 Å². The van der Waals surface area contributed by atoms with Crippen LogP contribution in [0.2, 0.25) is 0 Å². The third-order valence-electron chi connectivity index (χ3n) is 5.99. The average molecular weight is 550 g/mol. The number of carbonyl (C=O) groups is 2. The molecule has 0 aliphatic rings. The van der Waals surface area contributed by atoms with Crippen molar-refractivity contribution in [2.45, 2.75) is 38.8 Å². The second kappa shape index (κ2) is 11.0. The number of pyridine rings is 1. The molecule has 2 heterocycles. The fourth-order valence-electron chi connectivity index (χ4n) is 4.26. The number of nitrogens with one attached hydrogen (secondary N) is 2. The number of anilines is 1. The quantitative estimate of drug-likeness (QED) is 0.190. The monoisotopic (exact) mass is 549 g/mol. The molecule has 2 aromatic carbocycles. The summed E-state index contributed by atoms with van der Waals surface area (Å²) in [6.45, 7) is 5.80. The van der Waals surface area contributed by atoms with Gasteiger partial charge in [0.25, 0.3) is 5.91 Å². The number of amides is 1. The van der Waals surface area contributed by atoms with Crippen LogP contribution in [0.3, 0.4) is 0 Å². The summed E-state index contributed by atoms with van der Waals surface area (Å²) in [5, 5.41) is 27.2. The lowest BCUT2D eigenvalue weighted by Gasteiger charge is -2.22. The molecule has 0 aliphatic carbocycles. The maximum absolute atomic E-state index is 13.5. The maximum Gasteiger partial charge on any atom is 0.311 e. The van der Waals surface area contributed by atoms with Crippen LogP contribution in [0.25, 0.3) is 16.9 Å². The van der Waals surface area contributed by atoms with Crippen LogP contribution in [0.4, 0.5) is 15.9 Å². The zero-order chi connectivity index (χ0) is 29.2. The predicted molar refractivity (Wildman–Crippen MR) is 146 cm³/mol. The van der Waals surface area contributed by atoms with Gasteiger partial charge in [-0.15, -0.1) is 0 Å². The molecule has 1 atom stereocenters. The van der Waals surface area contributed by atoms with Crippen LogP contribution in [0, 0.1) is 15.9 Å². The van der Waals surface area contributed by atoms with Crippen LogP contribution in [0.1, 0.15) is 49.2 Å². The molecule has 0 bridgehead atoms. The number of carboxylic acid groups (broad SMARTS) is 1. The molecule has 0 spiro atoms. The first-order chi connectivity index (χ1) is 18.9. The molecule has 12 heteroatoms. The van der Waals surface area contributed by atoms with Gasteiger partial charge in [0.05, 0.1) is 30.1 Å². The smallest absolute Gasteiger partial charge is 0.311 e. The third kappa shape index (κ3) is 6.01. The minimum atomic E-state index is -1.14. The number of methoxy groups -OCH3 is 1. The summed E-state index contributed by atoms with van der Waals surface area (Å²) in [7, 11) is 1.34. The number of nitro benzene ring substituents is 1. The van der Waals surface area contributed by atoms with E-state index in [-0.39, 0.29) is 22.6 Å². The first-order valence-electron chi connectivity index (χ1n) is 12.3. The largest absolute Gasteiger partial charge is 0.490 e. The summed E-state index contributed by atoms with van der Waals surface area (Å²) in [6, 6.07) is 11.9. The second-order valence-corrected chi connectivity index (χ2v) is 10.1. The topological polar surface area (TPSA) is 148 Å². The van der Waals surface area contributed by atoms with Crippen LogP contribution in [-0.2, 0) is 4.79 Å². The number of aromatic nitrogens is 2. The van der Waals surface area contributed by atoms with Gasteiger partial charge in [0.1, 0.15) is 17.3 Å². The van der Waals surface area contributed by atoms with E-state index in [9.17, 15) is 29.2 Å². The lowest BCUT2D eigenvalue weighted by atomic mass is 10.0. The van der Waals surface area contributed by atoms with E-state index in [1.165, 1.54) is 43.5 Å². The zero-order valence-corrected chi connectivity index (χ0v) is 22.3. The summed E-state index contributed by atoms with van der Waals surface area (Å²) in [5.41, 5.74) is 0.906. The van der Waals surface area contributed by atoms with Gasteiger partial charge < -0.3 is 20.5 Å². The Balaban J connectivity index is 1.84. The van der Waals surface area contributed by atoms with E-state index < -0.39 is 40.6 Å². The lowest BCUT2D eigenvalue weighted by Crippen LogP contribution is -2.30. The van der Waals surface area contributed by atoms with Gasteiger partial charge >= 0.3 is 11.7 Å². The molecule has 0 fully saturated rings. The molecular weight excluding hydrogens is 521 g/mol. The van der Waals surface area contributed by atoms with Crippen LogP contribution < -0.4 is 15.4 Å². The molecule has 1 amide bonds. The molecule has 0 radical (unpaired) electrons. The Labute approximate surface area is 228 Å². The first kappa shape index (κ1) is 28.0. The van der Waals surface area contributed by atoms with Gasteiger partial charge in [-0.3, -0.25) is 24.1 Å². The van der Waals surface area contributed by atoms with Crippen LogP contribution >= 0.6 is 0 Å². The Hall–Kier alpha value is -5.00. The van der Waals surface area contributed by atoms with Crippen LogP contribution in [-0.4, -0.2) is 43.9 Å². The number of aliphatic carboxylic acids is 1. The highest BCUT2D eigenvalue weighted by atomic mass is 19.1. The summed E-state index contributed by atoms with van der Waals surface area (Å²) in [5.74, 6) is -1.64. The molecule has 208 valence electrons. The molecule has 0 saturated carbocycles. The average Bonchev–Trinajstić information content (AvgIpc) is 3.24. The Morgan fingerprint density at radius 3 is 2.48 bits per heavy atom.